The van der Waals surface area contributed by atoms with Crippen LogP contribution in [0.2, 0.25) is 0 Å². The van der Waals surface area contributed by atoms with Gasteiger partial charge in [0.05, 0.1) is 0 Å². The highest BCUT2D eigenvalue weighted by Gasteiger charge is 2.29. The normalized spacial score (nSPS) is 19.6. The summed E-state index contributed by atoms with van der Waals surface area (Å²) in [6, 6.07) is 16.2. The summed E-state index contributed by atoms with van der Waals surface area (Å²) in [5, 5.41) is 0. The Morgan fingerprint density at radius 2 is 1.83 bits per heavy atom. The molecule has 1 amide bonds. The van der Waals surface area contributed by atoms with Crippen molar-refractivity contribution in [2.75, 3.05) is 13.3 Å². The fourth-order valence-electron chi connectivity index (χ4n) is 3.52. The van der Waals surface area contributed by atoms with Crippen LogP contribution in [0.4, 0.5) is 0 Å². The molecule has 2 aromatic carbocycles. The van der Waals surface area contributed by atoms with Crippen LogP contribution in [0.3, 0.4) is 0 Å². The fraction of sp³-hybridized carbons (Fsp3) is 0.350. The van der Waals surface area contributed by atoms with Crippen LogP contribution >= 0.6 is 0 Å². The van der Waals surface area contributed by atoms with E-state index in [0.717, 1.165) is 42.9 Å². The topological polar surface area (TPSA) is 38.8 Å². The minimum atomic E-state index is 0.0582. The summed E-state index contributed by atoms with van der Waals surface area (Å²) < 4.78 is 10.8. The Morgan fingerprint density at radius 3 is 2.71 bits per heavy atom. The number of hydrogen-bond acceptors (Lipinski definition) is 3. The lowest BCUT2D eigenvalue weighted by Crippen LogP contribution is -2.41. The van der Waals surface area contributed by atoms with Gasteiger partial charge in [-0.15, -0.1) is 0 Å². The molecule has 4 heteroatoms. The van der Waals surface area contributed by atoms with Crippen LogP contribution in [0, 0.1) is 5.92 Å². The Balaban J connectivity index is 1.44. The average molecular weight is 323 g/mol. The van der Waals surface area contributed by atoms with Gasteiger partial charge in [-0.1, -0.05) is 36.4 Å². The first-order chi connectivity index (χ1) is 11.8. The van der Waals surface area contributed by atoms with E-state index in [1.807, 2.05) is 41.3 Å². The molecule has 2 heterocycles. The zero-order valence-corrected chi connectivity index (χ0v) is 13.6. The molecule has 0 saturated carbocycles. The zero-order chi connectivity index (χ0) is 16.4. The number of nitrogens with zero attached hydrogens (tertiary/aromatic N) is 1. The van der Waals surface area contributed by atoms with Gasteiger partial charge in [-0.3, -0.25) is 4.79 Å². The second kappa shape index (κ2) is 6.56. The Bertz CT molecular complexity index is 729. The van der Waals surface area contributed by atoms with E-state index in [2.05, 4.69) is 12.1 Å². The summed E-state index contributed by atoms with van der Waals surface area (Å²) in [5.74, 6) is 1.90. The molecule has 1 unspecified atom stereocenters. The van der Waals surface area contributed by atoms with E-state index in [-0.39, 0.29) is 18.6 Å². The molecule has 1 saturated heterocycles. The third kappa shape index (κ3) is 3.09. The quantitative estimate of drug-likeness (QED) is 0.865. The van der Waals surface area contributed by atoms with Crippen LogP contribution in [0.1, 0.15) is 24.0 Å². The van der Waals surface area contributed by atoms with Gasteiger partial charge < -0.3 is 14.4 Å². The molecule has 2 aliphatic heterocycles. The van der Waals surface area contributed by atoms with Crippen molar-refractivity contribution in [1.29, 1.82) is 0 Å². The molecule has 124 valence electrons. The van der Waals surface area contributed by atoms with Crippen LogP contribution in [-0.2, 0) is 17.8 Å². The Labute approximate surface area is 142 Å². The highest BCUT2D eigenvalue weighted by atomic mass is 16.7. The van der Waals surface area contributed by atoms with Crippen molar-refractivity contribution in [3.05, 3.63) is 59.7 Å². The number of benzene rings is 2. The summed E-state index contributed by atoms with van der Waals surface area (Å²) in [6.45, 7) is 1.84. The maximum absolute atomic E-state index is 12.8. The van der Waals surface area contributed by atoms with Crippen molar-refractivity contribution >= 4 is 5.91 Å². The minimum absolute atomic E-state index is 0.0582. The van der Waals surface area contributed by atoms with E-state index in [1.54, 1.807) is 0 Å². The van der Waals surface area contributed by atoms with Crippen molar-refractivity contribution in [1.82, 2.24) is 4.90 Å². The number of amides is 1. The summed E-state index contributed by atoms with van der Waals surface area (Å²) >= 11 is 0. The summed E-state index contributed by atoms with van der Waals surface area (Å²) in [6.07, 6.45) is 2.78. The van der Waals surface area contributed by atoms with Gasteiger partial charge in [0.1, 0.15) is 0 Å². The highest BCUT2D eigenvalue weighted by molar-refractivity contribution is 5.80. The molecule has 4 rings (SSSR count). The number of fused-ring (bicyclic) bond motifs is 1. The molecule has 0 aromatic heterocycles. The highest BCUT2D eigenvalue weighted by Crippen LogP contribution is 2.34. The Kier molecular flexibility index (Phi) is 4.11. The third-order valence-corrected chi connectivity index (χ3v) is 4.78. The van der Waals surface area contributed by atoms with E-state index in [4.69, 9.17) is 9.47 Å². The average Bonchev–Trinajstić information content (AvgIpc) is 3.07. The van der Waals surface area contributed by atoms with Crippen molar-refractivity contribution in [2.45, 2.75) is 25.8 Å². The molecule has 1 atom stereocenters. The van der Waals surface area contributed by atoms with Crippen LogP contribution in [0.15, 0.2) is 48.5 Å². The molecule has 2 aromatic rings. The minimum Gasteiger partial charge on any atom is -0.454 e. The summed E-state index contributed by atoms with van der Waals surface area (Å²) in [4.78, 5) is 14.8. The smallest absolute Gasteiger partial charge is 0.231 e. The lowest BCUT2D eigenvalue weighted by molar-refractivity contribution is -0.139. The van der Waals surface area contributed by atoms with E-state index in [1.165, 1.54) is 5.56 Å². The summed E-state index contributed by atoms with van der Waals surface area (Å²) in [5.41, 5.74) is 2.33. The van der Waals surface area contributed by atoms with E-state index in [0.29, 0.717) is 6.54 Å². The van der Waals surface area contributed by atoms with Crippen LogP contribution in [-0.4, -0.2) is 24.1 Å². The second-order valence-corrected chi connectivity index (χ2v) is 6.48. The van der Waals surface area contributed by atoms with Crippen LogP contribution in [0.5, 0.6) is 11.5 Å². The van der Waals surface area contributed by atoms with Crippen LogP contribution in [0.25, 0.3) is 0 Å². The van der Waals surface area contributed by atoms with Crippen molar-refractivity contribution in [3.8, 4) is 11.5 Å². The van der Waals surface area contributed by atoms with E-state index in [9.17, 15) is 4.79 Å². The fourth-order valence-corrected chi connectivity index (χ4v) is 3.52. The van der Waals surface area contributed by atoms with Crippen LogP contribution < -0.4 is 9.47 Å². The molecule has 2 aliphatic rings. The first kappa shape index (κ1) is 15.1. The first-order valence-electron chi connectivity index (χ1n) is 8.51. The predicted octanol–water partition coefficient (Wildman–Crippen LogP) is 3.40. The Hall–Kier alpha value is -2.49. The largest absolute Gasteiger partial charge is 0.454 e. The van der Waals surface area contributed by atoms with Gasteiger partial charge >= 0.3 is 0 Å². The molecule has 24 heavy (non-hydrogen) atoms. The number of piperidine rings is 1. The molecular formula is C20H21NO3. The molecule has 0 radical (unpaired) electrons. The molecule has 4 nitrogen and oxygen atoms in total. The zero-order valence-electron chi connectivity index (χ0n) is 13.6. The molecule has 0 bridgehead atoms. The second-order valence-electron chi connectivity index (χ2n) is 6.48. The monoisotopic (exact) mass is 323 g/mol. The van der Waals surface area contributed by atoms with Gasteiger partial charge in [-0.2, -0.15) is 0 Å². The number of carbonyl (C=O) groups excluding carboxylic acids is 1. The van der Waals surface area contributed by atoms with Gasteiger partial charge in [-0.25, -0.2) is 0 Å². The molecule has 0 N–H and O–H groups in total. The predicted molar refractivity (Wildman–Crippen MR) is 90.9 cm³/mol. The molecular weight excluding hydrogens is 302 g/mol. The van der Waals surface area contributed by atoms with Gasteiger partial charge in [0, 0.05) is 19.0 Å². The number of likely N-dealkylation sites (tertiary alicyclic amines) is 1. The van der Waals surface area contributed by atoms with E-state index >= 15 is 0 Å². The van der Waals surface area contributed by atoms with Gasteiger partial charge in [0.2, 0.25) is 12.7 Å². The molecule has 1 fully saturated rings. The number of ether oxygens (including phenoxy) is 2. The maximum Gasteiger partial charge on any atom is 0.231 e. The van der Waals surface area contributed by atoms with Crippen molar-refractivity contribution in [3.63, 3.8) is 0 Å². The lowest BCUT2D eigenvalue weighted by atomic mass is 9.90. The standard InChI is InChI=1S/C20H21NO3/c22-20-17(11-16-8-9-18-19(12-16)24-14-23-18)7-4-10-21(20)13-15-5-2-1-3-6-15/h1-3,5-6,8-9,12,17H,4,7,10-11,13-14H2. The first-order valence-corrected chi connectivity index (χ1v) is 8.51. The number of rotatable bonds is 4. The third-order valence-electron chi connectivity index (χ3n) is 4.78. The van der Waals surface area contributed by atoms with Gasteiger partial charge in [0.25, 0.3) is 0 Å². The number of hydrogen-bond donors (Lipinski definition) is 0. The van der Waals surface area contributed by atoms with E-state index < -0.39 is 0 Å². The maximum atomic E-state index is 12.8. The molecule has 0 spiro atoms. The van der Waals surface area contributed by atoms with Crippen molar-refractivity contribution in [2.24, 2.45) is 5.92 Å². The number of carbonyl (C=O) groups is 1. The molecule has 0 aliphatic carbocycles. The lowest BCUT2D eigenvalue weighted by Gasteiger charge is -2.32. The van der Waals surface area contributed by atoms with Gasteiger partial charge in [-0.05, 0) is 42.5 Å². The summed E-state index contributed by atoms with van der Waals surface area (Å²) in [7, 11) is 0. The van der Waals surface area contributed by atoms with Crippen molar-refractivity contribution < 1.29 is 14.3 Å². The van der Waals surface area contributed by atoms with Gasteiger partial charge in [0.15, 0.2) is 11.5 Å². The Morgan fingerprint density at radius 1 is 1.00 bits per heavy atom. The SMILES string of the molecule is O=C1C(Cc2ccc3c(c2)OCO3)CCCN1Cc1ccccc1.